The van der Waals surface area contributed by atoms with Crippen molar-refractivity contribution in [2.24, 2.45) is 17.3 Å². The van der Waals surface area contributed by atoms with Crippen molar-refractivity contribution in [3.05, 3.63) is 24.3 Å². The van der Waals surface area contributed by atoms with Crippen LogP contribution in [0.5, 0.6) is 0 Å². The third kappa shape index (κ3) is 2.09. The predicted molar refractivity (Wildman–Crippen MR) is 69.5 cm³/mol. The SMILES string of the molecule is C=C(CO)C1CCC2(C)C(O)CCC(=C)C2C1. The molecule has 0 heterocycles. The molecule has 2 heteroatoms. The smallest absolute Gasteiger partial charge is 0.0641 e. The Morgan fingerprint density at radius 3 is 2.82 bits per heavy atom. The van der Waals surface area contributed by atoms with Gasteiger partial charge in [0, 0.05) is 5.41 Å². The van der Waals surface area contributed by atoms with Crippen LogP contribution < -0.4 is 0 Å². The minimum atomic E-state index is -0.193. The number of rotatable bonds is 2. The van der Waals surface area contributed by atoms with Crippen molar-refractivity contribution in [2.45, 2.75) is 45.1 Å². The standard InChI is InChI=1S/C15H24O2/c1-10-4-5-14(17)15(3)7-6-12(8-13(10)15)11(2)9-16/h12-14,16-17H,1-2,4-9H2,3H3. The van der Waals surface area contributed by atoms with Gasteiger partial charge in [0.2, 0.25) is 0 Å². The summed E-state index contributed by atoms with van der Waals surface area (Å²) in [7, 11) is 0. The van der Waals surface area contributed by atoms with E-state index in [1.165, 1.54) is 5.57 Å². The molecular weight excluding hydrogens is 212 g/mol. The van der Waals surface area contributed by atoms with Crippen molar-refractivity contribution in [2.75, 3.05) is 6.61 Å². The van der Waals surface area contributed by atoms with Gasteiger partial charge in [0.05, 0.1) is 12.7 Å². The van der Waals surface area contributed by atoms with Gasteiger partial charge in [-0.2, -0.15) is 0 Å². The van der Waals surface area contributed by atoms with Crippen LogP contribution in [0.4, 0.5) is 0 Å². The lowest BCUT2D eigenvalue weighted by Gasteiger charge is -2.51. The second-order valence-electron chi connectivity index (χ2n) is 6.06. The van der Waals surface area contributed by atoms with Crippen LogP contribution in [0.25, 0.3) is 0 Å². The molecule has 4 atom stereocenters. The fourth-order valence-corrected chi connectivity index (χ4v) is 3.69. The highest BCUT2D eigenvalue weighted by molar-refractivity contribution is 5.18. The summed E-state index contributed by atoms with van der Waals surface area (Å²) in [4.78, 5) is 0. The van der Waals surface area contributed by atoms with Crippen molar-refractivity contribution in [1.82, 2.24) is 0 Å². The number of allylic oxidation sites excluding steroid dienone is 1. The first-order valence-electron chi connectivity index (χ1n) is 6.63. The summed E-state index contributed by atoms with van der Waals surface area (Å²) in [6, 6.07) is 0. The Kier molecular flexibility index (Phi) is 3.46. The highest BCUT2D eigenvalue weighted by Gasteiger charge is 2.48. The second-order valence-corrected chi connectivity index (χ2v) is 6.06. The van der Waals surface area contributed by atoms with Gasteiger partial charge < -0.3 is 10.2 Å². The summed E-state index contributed by atoms with van der Waals surface area (Å²) >= 11 is 0. The maximum absolute atomic E-state index is 10.3. The molecule has 0 spiro atoms. The van der Waals surface area contributed by atoms with Crippen molar-refractivity contribution in [1.29, 1.82) is 0 Å². The lowest BCUT2D eigenvalue weighted by molar-refractivity contribution is -0.0512. The Labute approximate surface area is 104 Å². The lowest BCUT2D eigenvalue weighted by atomic mass is 9.55. The summed E-state index contributed by atoms with van der Waals surface area (Å²) in [6.45, 7) is 10.4. The van der Waals surface area contributed by atoms with E-state index in [-0.39, 0.29) is 18.1 Å². The molecular formula is C15H24O2. The first-order valence-corrected chi connectivity index (χ1v) is 6.63. The largest absolute Gasteiger partial charge is 0.393 e. The van der Waals surface area contributed by atoms with Gasteiger partial charge in [-0.25, -0.2) is 0 Å². The molecule has 2 N–H and O–H groups in total. The quantitative estimate of drug-likeness (QED) is 0.724. The zero-order valence-corrected chi connectivity index (χ0v) is 10.8. The van der Waals surface area contributed by atoms with Gasteiger partial charge in [-0.3, -0.25) is 0 Å². The molecule has 96 valence electrons. The molecule has 2 aliphatic rings. The van der Waals surface area contributed by atoms with Crippen LogP contribution in [0.15, 0.2) is 24.3 Å². The van der Waals surface area contributed by atoms with Gasteiger partial charge >= 0.3 is 0 Å². The van der Waals surface area contributed by atoms with E-state index in [4.69, 9.17) is 0 Å². The van der Waals surface area contributed by atoms with E-state index in [1.54, 1.807) is 0 Å². The van der Waals surface area contributed by atoms with Crippen LogP contribution >= 0.6 is 0 Å². The highest BCUT2D eigenvalue weighted by atomic mass is 16.3. The third-order valence-corrected chi connectivity index (χ3v) is 5.12. The molecule has 2 aliphatic carbocycles. The van der Waals surface area contributed by atoms with Crippen molar-refractivity contribution in [3.8, 4) is 0 Å². The molecule has 2 nitrogen and oxygen atoms in total. The maximum Gasteiger partial charge on any atom is 0.0641 e. The van der Waals surface area contributed by atoms with E-state index < -0.39 is 0 Å². The van der Waals surface area contributed by atoms with Gasteiger partial charge in [0.1, 0.15) is 0 Å². The van der Waals surface area contributed by atoms with Crippen LogP contribution in [-0.2, 0) is 0 Å². The molecule has 0 saturated heterocycles. The molecule has 2 rings (SSSR count). The van der Waals surface area contributed by atoms with Gasteiger partial charge in [-0.1, -0.05) is 25.7 Å². The van der Waals surface area contributed by atoms with E-state index in [0.29, 0.717) is 11.8 Å². The number of aliphatic hydroxyl groups is 2. The number of hydrogen-bond donors (Lipinski definition) is 2. The first-order chi connectivity index (χ1) is 7.99. The molecule has 0 aromatic rings. The average Bonchev–Trinajstić information content (AvgIpc) is 2.33. The molecule has 0 aromatic heterocycles. The molecule has 2 fully saturated rings. The van der Waals surface area contributed by atoms with Crippen LogP contribution in [0.1, 0.15) is 39.0 Å². The zero-order valence-electron chi connectivity index (χ0n) is 10.8. The van der Waals surface area contributed by atoms with E-state index in [1.807, 2.05) is 0 Å². The summed E-state index contributed by atoms with van der Waals surface area (Å²) in [5, 5.41) is 19.4. The summed E-state index contributed by atoms with van der Waals surface area (Å²) in [5.41, 5.74) is 2.23. The average molecular weight is 236 g/mol. The Morgan fingerprint density at radius 2 is 2.18 bits per heavy atom. The van der Waals surface area contributed by atoms with E-state index in [2.05, 4.69) is 20.1 Å². The van der Waals surface area contributed by atoms with Crippen LogP contribution in [-0.4, -0.2) is 22.9 Å². The molecule has 4 unspecified atom stereocenters. The Bertz CT molecular complexity index is 334. The normalized spacial score (nSPS) is 42.1. The predicted octanol–water partition coefficient (Wildman–Crippen LogP) is 2.67. The minimum absolute atomic E-state index is 0.00156. The molecule has 0 bridgehead atoms. The van der Waals surface area contributed by atoms with Crippen LogP contribution in [0.3, 0.4) is 0 Å². The number of aliphatic hydroxyl groups excluding tert-OH is 2. The van der Waals surface area contributed by atoms with Crippen LogP contribution in [0.2, 0.25) is 0 Å². The van der Waals surface area contributed by atoms with E-state index in [9.17, 15) is 10.2 Å². The molecule has 0 aromatic carbocycles. The van der Waals surface area contributed by atoms with E-state index in [0.717, 1.165) is 37.7 Å². The van der Waals surface area contributed by atoms with Gasteiger partial charge in [-0.15, -0.1) is 0 Å². The monoisotopic (exact) mass is 236 g/mol. The van der Waals surface area contributed by atoms with Crippen molar-refractivity contribution in [3.63, 3.8) is 0 Å². The fraction of sp³-hybridized carbons (Fsp3) is 0.733. The van der Waals surface area contributed by atoms with Gasteiger partial charge in [-0.05, 0) is 49.5 Å². The number of fused-ring (bicyclic) bond motifs is 1. The lowest BCUT2D eigenvalue weighted by Crippen LogP contribution is -2.47. The second kappa shape index (κ2) is 4.58. The molecule has 0 amide bonds. The first kappa shape index (κ1) is 12.8. The molecule has 0 radical (unpaired) electrons. The minimum Gasteiger partial charge on any atom is -0.393 e. The van der Waals surface area contributed by atoms with Gasteiger partial charge in [0.15, 0.2) is 0 Å². The summed E-state index contributed by atoms with van der Waals surface area (Å²) in [5.74, 6) is 0.799. The number of hydrogen-bond acceptors (Lipinski definition) is 2. The Morgan fingerprint density at radius 1 is 1.47 bits per heavy atom. The summed E-state index contributed by atoms with van der Waals surface area (Å²) in [6.07, 6.45) is 4.67. The third-order valence-electron chi connectivity index (χ3n) is 5.12. The Hall–Kier alpha value is -0.600. The molecule has 0 aliphatic heterocycles. The zero-order chi connectivity index (χ0) is 12.6. The summed E-state index contributed by atoms with van der Waals surface area (Å²) < 4.78 is 0. The Balaban J connectivity index is 2.17. The molecule has 17 heavy (non-hydrogen) atoms. The van der Waals surface area contributed by atoms with Crippen LogP contribution in [0, 0.1) is 17.3 Å². The highest BCUT2D eigenvalue weighted by Crippen LogP contribution is 2.54. The topological polar surface area (TPSA) is 40.5 Å². The van der Waals surface area contributed by atoms with E-state index >= 15 is 0 Å². The van der Waals surface area contributed by atoms with Crippen molar-refractivity contribution >= 4 is 0 Å². The van der Waals surface area contributed by atoms with Crippen molar-refractivity contribution < 1.29 is 10.2 Å². The molecule has 2 saturated carbocycles. The maximum atomic E-state index is 10.3. The fourth-order valence-electron chi connectivity index (χ4n) is 3.69. The van der Waals surface area contributed by atoms with Gasteiger partial charge in [0.25, 0.3) is 0 Å².